The highest BCUT2D eigenvalue weighted by molar-refractivity contribution is 7.97. The number of aryl methyl sites for hydroxylation is 1. The van der Waals surface area contributed by atoms with Crippen LogP contribution in [-0.4, -0.2) is 33.2 Å². The molecule has 33 heavy (non-hydrogen) atoms. The molecule has 0 saturated carbocycles. The topological polar surface area (TPSA) is 101 Å². The molecule has 174 valence electrons. The number of benzene rings is 1. The van der Waals surface area contributed by atoms with E-state index in [4.69, 9.17) is 16.6 Å². The van der Waals surface area contributed by atoms with Crippen molar-refractivity contribution in [2.75, 3.05) is 23.4 Å². The maximum atomic E-state index is 13.1. The van der Waals surface area contributed by atoms with Gasteiger partial charge in [0.25, 0.3) is 11.5 Å². The van der Waals surface area contributed by atoms with Gasteiger partial charge in [0.15, 0.2) is 5.69 Å². The van der Waals surface area contributed by atoms with Gasteiger partial charge in [-0.25, -0.2) is 9.97 Å². The van der Waals surface area contributed by atoms with Crippen molar-refractivity contribution in [3.63, 3.8) is 0 Å². The first kappa shape index (κ1) is 24.6. The molecule has 0 saturated heterocycles. The van der Waals surface area contributed by atoms with Crippen molar-refractivity contribution >= 4 is 52.0 Å². The van der Waals surface area contributed by atoms with Gasteiger partial charge in [-0.1, -0.05) is 35.7 Å². The van der Waals surface area contributed by atoms with Gasteiger partial charge in [0.1, 0.15) is 5.15 Å². The molecule has 10 heteroatoms. The average Bonchev–Trinajstić information content (AvgIpc) is 2.78. The first-order valence-corrected chi connectivity index (χ1v) is 12.0. The van der Waals surface area contributed by atoms with Crippen molar-refractivity contribution in [2.24, 2.45) is 7.05 Å². The van der Waals surface area contributed by atoms with Crippen molar-refractivity contribution in [3.05, 3.63) is 69.2 Å². The van der Waals surface area contributed by atoms with Crippen LogP contribution in [0.2, 0.25) is 5.15 Å². The fourth-order valence-corrected chi connectivity index (χ4v) is 3.93. The highest BCUT2D eigenvalue weighted by Gasteiger charge is 2.20. The van der Waals surface area contributed by atoms with Gasteiger partial charge in [0.05, 0.1) is 22.6 Å². The van der Waals surface area contributed by atoms with Crippen LogP contribution in [0.4, 0.5) is 11.6 Å². The van der Waals surface area contributed by atoms with Crippen molar-refractivity contribution in [1.29, 1.82) is 0 Å². The van der Waals surface area contributed by atoms with Crippen LogP contribution in [0.25, 0.3) is 10.9 Å². The molecule has 1 aromatic carbocycles. The summed E-state index contributed by atoms with van der Waals surface area (Å²) in [6.45, 7) is 8.23. The Morgan fingerprint density at radius 1 is 1.33 bits per heavy atom. The van der Waals surface area contributed by atoms with Crippen LogP contribution in [0, 0.1) is 6.92 Å². The highest BCUT2D eigenvalue weighted by Crippen LogP contribution is 2.28. The molecule has 1 unspecified atom stereocenters. The van der Waals surface area contributed by atoms with Gasteiger partial charge in [0, 0.05) is 25.4 Å². The Kier molecular flexibility index (Phi) is 7.99. The third-order valence-electron chi connectivity index (χ3n) is 5.10. The van der Waals surface area contributed by atoms with E-state index >= 15 is 0 Å². The van der Waals surface area contributed by atoms with Crippen LogP contribution in [0.5, 0.6) is 0 Å². The second kappa shape index (κ2) is 10.7. The van der Waals surface area contributed by atoms with E-state index in [0.717, 1.165) is 17.5 Å². The van der Waals surface area contributed by atoms with Crippen LogP contribution in [0.1, 0.15) is 41.0 Å². The van der Waals surface area contributed by atoms with E-state index in [0.29, 0.717) is 29.1 Å². The van der Waals surface area contributed by atoms with Crippen molar-refractivity contribution in [2.45, 2.75) is 26.3 Å². The van der Waals surface area contributed by atoms with Gasteiger partial charge in [-0.3, -0.25) is 18.9 Å². The largest absolute Gasteiger partial charge is 0.377 e. The molecule has 0 bridgehead atoms. The molecule has 0 spiro atoms. The Balaban J connectivity index is 2.07. The lowest BCUT2D eigenvalue weighted by Crippen LogP contribution is -2.24. The Hall–Kier alpha value is -3.04. The molecule has 0 radical (unpaired) electrons. The van der Waals surface area contributed by atoms with E-state index in [1.807, 2.05) is 26.0 Å². The summed E-state index contributed by atoms with van der Waals surface area (Å²) < 4.78 is 4.19. The summed E-state index contributed by atoms with van der Waals surface area (Å²) in [4.78, 5) is 34.5. The number of carbonyl (C=O) groups excluding carboxylic acids is 1. The van der Waals surface area contributed by atoms with E-state index in [9.17, 15) is 9.59 Å². The Morgan fingerprint density at radius 2 is 2.09 bits per heavy atom. The monoisotopic (exact) mass is 486 g/mol. The zero-order chi connectivity index (χ0) is 24.1. The number of carbonyl (C=O) groups is 1. The zero-order valence-corrected chi connectivity index (χ0v) is 20.6. The van der Waals surface area contributed by atoms with Crippen LogP contribution in [-0.2, 0) is 7.05 Å². The molecule has 1 atom stereocenters. The molecule has 2 heterocycles. The number of halogens is 1. The number of amides is 1. The third-order valence-corrected chi connectivity index (χ3v) is 5.70. The lowest BCUT2D eigenvalue weighted by atomic mass is 10.0. The normalized spacial score (nSPS) is 11.8. The number of nitrogens with zero attached hydrogens (tertiary/aromatic N) is 3. The molecule has 2 aromatic heterocycles. The van der Waals surface area contributed by atoms with E-state index in [1.165, 1.54) is 16.5 Å². The van der Waals surface area contributed by atoms with E-state index in [1.54, 1.807) is 31.5 Å². The van der Waals surface area contributed by atoms with Gasteiger partial charge in [-0.2, -0.15) is 0 Å². The minimum Gasteiger partial charge on any atom is -0.377 e. The summed E-state index contributed by atoms with van der Waals surface area (Å²) >= 11 is 7.21. The van der Waals surface area contributed by atoms with Gasteiger partial charge in [-0.15, -0.1) is 6.58 Å². The molecule has 0 aliphatic heterocycles. The Bertz CT molecular complexity index is 1260. The number of fused-ring (bicyclic) bond motifs is 1. The fourth-order valence-electron chi connectivity index (χ4n) is 3.50. The summed E-state index contributed by atoms with van der Waals surface area (Å²) in [6.07, 6.45) is 4.30. The fraction of sp³-hybridized carbons (Fsp3) is 0.304. The van der Waals surface area contributed by atoms with Crippen LogP contribution in [0.3, 0.4) is 0 Å². The number of aromatic nitrogens is 3. The number of hydrogen-bond donors (Lipinski definition) is 3. The number of hydrogen-bond acceptors (Lipinski definition) is 7. The molecule has 0 aliphatic carbocycles. The smallest absolute Gasteiger partial charge is 0.281 e. The lowest BCUT2D eigenvalue weighted by Gasteiger charge is -2.20. The first-order valence-electron chi connectivity index (χ1n) is 10.4. The molecule has 0 aliphatic rings. The predicted molar refractivity (Wildman–Crippen MR) is 137 cm³/mol. The van der Waals surface area contributed by atoms with Crippen LogP contribution >= 0.6 is 23.5 Å². The molecule has 3 N–H and O–H groups in total. The highest BCUT2D eigenvalue weighted by atomic mass is 35.5. The summed E-state index contributed by atoms with van der Waals surface area (Å²) in [6, 6.07) is 6.89. The van der Waals surface area contributed by atoms with Gasteiger partial charge < -0.3 is 10.6 Å². The second-order valence-electron chi connectivity index (χ2n) is 7.59. The second-order valence-corrected chi connectivity index (χ2v) is 8.59. The van der Waals surface area contributed by atoms with Gasteiger partial charge in [-0.05, 0) is 44.0 Å². The summed E-state index contributed by atoms with van der Waals surface area (Å²) in [5, 5.41) is 7.30. The Morgan fingerprint density at radius 3 is 2.79 bits per heavy atom. The standard InChI is InChI=1S/C23H27ClN6O2S/c1-6-7-10-25-23-28-19-15(11-13(2)12-16(19)22(32)30(23)4)14(3)26-17-8-9-18(24)27-20(17)21(31)29-33-5/h6,8-9,11-12,14,26H,1,7,10H2,2-5H3,(H,25,28)(H,29,31). The molecule has 0 fully saturated rings. The summed E-state index contributed by atoms with van der Waals surface area (Å²) in [5.41, 5.74) is 2.96. The zero-order valence-electron chi connectivity index (χ0n) is 19.0. The number of rotatable bonds is 9. The Labute approximate surface area is 202 Å². The summed E-state index contributed by atoms with van der Waals surface area (Å²) in [7, 11) is 1.70. The minimum absolute atomic E-state index is 0.133. The number of anilines is 2. The van der Waals surface area contributed by atoms with Gasteiger partial charge in [0.2, 0.25) is 5.95 Å². The third kappa shape index (κ3) is 5.48. The van der Waals surface area contributed by atoms with E-state index in [2.05, 4.69) is 26.9 Å². The molecule has 8 nitrogen and oxygen atoms in total. The van der Waals surface area contributed by atoms with Gasteiger partial charge >= 0.3 is 0 Å². The quantitative estimate of drug-likeness (QED) is 0.178. The molecule has 3 rings (SSSR count). The predicted octanol–water partition coefficient (Wildman–Crippen LogP) is 4.46. The number of pyridine rings is 1. The van der Waals surface area contributed by atoms with Crippen molar-refractivity contribution in [3.8, 4) is 0 Å². The average molecular weight is 487 g/mol. The maximum Gasteiger partial charge on any atom is 0.281 e. The molecule has 3 aromatic rings. The van der Waals surface area contributed by atoms with E-state index < -0.39 is 0 Å². The van der Waals surface area contributed by atoms with Crippen LogP contribution < -0.4 is 20.9 Å². The van der Waals surface area contributed by atoms with Crippen molar-refractivity contribution in [1.82, 2.24) is 19.3 Å². The maximum absolute atomic E-state index is 13.1. The lowest BCUT2D eigenvalue weighted by molar-refractivity contribution is 0.0980. The van der Waals surface area contributed by atoms with E-state index in [-0.39, 0.29) is 28.4 Å². The van der Waals surface area contributed by atoms with Crippen LogP contribution in [0.15, 0.2) is 41.7 Å². The molecule has 1 amide bonds. The molecular weight excluding hydrogens is 460 g/mol. The molecular formula is C23H27ClN6O2S. The first-order chi connectivity index (χ1) is 15.8. The number of nitrogens with one attached hydrogen (secondary N) is 3. The SMILES string of the molecule is C=CCCNc1nc2c(C(C)Nc3ccc(Cl)nc3C(=O)NSC)cc(C)cc2c(=O)n1C. The summed E-state index contributed by atoms with van der Waals surface area (Å²) in [5.74, 6) is 0.134. The van der Waals surface area contributed by atoms with Crippen molar-refractivity contribution < 1.29 is 4.79 Å². The minimum atomic E-state index is -0.352.